The van der Waals surface area contributed by atoms with Crippen LogP contribution in [0.25, 0.3) is 0 Å². The highest BCUT2D eigenvalue weighted by Crippen LogP contribution is 2.33. The first-order valence-electron chi connectivity index (χ1n) is 32.4. The molecule has 83 heavy (non-hydrogen) atoms. The summed E-state index contributed by atoms with van der Waals surface area (Å²) in [5.41, 5.74) is 0. The third-order valence-corrected chi connectivity index (χ3v) is 16.1. The van der Waals surface area contributed by atoms with Crippen molar-refractivity contribution in [3.05, 3.63) is 48.6 Å². The molecule has 0 saturated carbocycles. The molecule has 484 valence electrons. The molecule has 3 aliphatic heterocycles. The van der Waals surface area contributed by atoms with Crippen LogP contribution in [0.2, 0.25) is 0 Å². The Labute approximate surface area is 497 Å². The third-order valence-electron chi connectivity index (χ3n) is 16.1. The van der Waals surface area contributed by atoms with E-state index in [2.05, 4.69) is 55.6 Å². The van der Waals surface area contributed by atoms with E-state index in [1.54, 1.807) is 6.08 Å². The minimum Gasteiger partial charge on any atom is -0.394 e. The summed E-state index contributed by atoms with van der Waals surface area (Å²) in [6.45, 7) is 1.71. The Balaban J connectivity index is 1.47. The van der Waals surface area contributed by atoms with Crippen LogP contribution in [0.15, 0.2) is 48.6 Å². The molecule has 0 spiro atoms. The quantitative estimate of drug-likeness (QED) is 0.0215. The molecule has 1 amide bonds. The van der Waals surface area contributed by atoms with Gasteiger partial charge in [-0.05, 0) is 57.8 Å². The van der Waals surface area contributed by atoms with Crippen LogP contribution in [0.5, 0.6) is 0 Å². The Morgan fingerprint density at radius 3 is 1.24 bits per heavy atom. The topological polar surface area (TPSA) is 307 Å². The van der Waals surface area contributed by atoms with Crippen LogP contribution in [0.1, 0.15) is 219 Å². The first kappa shape index (κ1) is 75.0. The average molecular weight is 1190 g/mol. The lowest BCUT2D eigenvalue weighted by Crippen LogP contribution is -2.66. The van der Waals surface area contributed by atoms with Gasteiger partial charge < -0.3 is 89.9 Å². The van der Waals surface area contributed by atoms with Crippen molar-refractivity contribution < 1.29 is 89.4 Å². The molecule has 0 aromatic rings. The number of aliphatic hydroxyl groups excluding tert-OH is 11. The van der Waals surface area contributed by atoms with E-state index in [0.717, 1.165) is 70.6 Å². The highest BCUT2D eigenvalue weighted by molar-refractivity contribution is 5.76. The summed E-state index contributed by atoms with van der Waals surface area (Å²) in [6.07, 6.45) is 26.5. The number of carbonyl (C=O) groups excluding carboxylic acids is 1. The number of aliphatic hydroxyl groups is 11. The van der Waals surface area contributed by atoms with Gasteiger partial charge in [-0.1, -0.05) is 204 Å². The molecule has 0 aromatic heterocycles. The molecule has 3 aliphatic rings. The molecule has 0 bridgehead atoms. The van der Waals surface area contributed by atoms with Gasteiger partial charge in [0.2, 0.25) is 5.91 Å². The summed E-state index contributed by atoms with van der Waals surface area (Å²) in [4.78, 5) is 13.4. The number of unbranched alkanes of at least 4 members (excludes halogenated alkanes) is 26. The molecule has 3 rings (SSSR count). The average Bonchev–Trinajstić information content (AvgIpc) is 3.18. The van der Waals surface area contributed by atoms with Crippen LogP contribution in [-0.2, 0) is 33.2 Å². The maximum Gasteiger partial charge on any atom is 0.220 e. The van der Waals surface area contributed by atoms with Crippen LogP contribution in [0.3, 0.4) is 0 Å². The lowest BCUT2D eigenvalue weighted by Gasteiger charge is -2.48. The summed E-state index contributed by atoms with van der Waals surface area (Å²) in [5.74, 6) is -0.284. The summed E-state index contributed by atoms with van der Waals surface area (Å²) in [6, 6.07) is -0.978. The summed E-state index contributed by atoms with van der Waals surface area (Å²) < 4.78 is 34.3. The van der Waals surface area contributed by atoms with E-state index in [-0.39, 0.29) is 18.9 Å². The Kier molecular flexibility index (Phi) is 42.3. The molecule has 17 atom stereocenters. The van der Waals surface area contributed by atoms with Crippen molar-refractivity contribution in [1.29, 1.82) is 0 Å². The zero-order valence-electron chi connectivity index (χ0n) is 50.7. The van der Waals surface area contributed by atoms with Crippen LogP contribution in [0, 0.1) is 0 Å². The third kappa shape index (κ3) is 30.0. The van der Waals surface area contributed by atoms with Gasteiger partial charge in [0.05, 0.1) is 38.6 Å². The van der Waals surface area contributed by atoms with Crippen molar-refractivity contribution in [2.24, 2.45) is 0 Å². The Morgan fingerprint density at radius 1 is 0.434 bits per heavy atom. The van der Waals surface area contributed by atoms with Crippen LogP contribution < -0.4 is 5.32 Å². The van der Waals surface area contributed by atoms with Crippen LogP contribution in [-0.4, -0.2) is 193 Å². The van der Waals surface area contributed by atoms with E-state index in [4.69, 9.17) is 28.4 Å². The number of ether oxygens (including phenoxy) is 6. The normalized spacial score (nSPS) is 29.7. The van der Waals surface area contributed by atoms with Gasteiger partial charge in [0.15, 0.2) is 18.9 Å². The molecule has 3 saturated heterocycles. The van der Waals surface area contributed by atoms with E-state index in [0.29, 0.717) is 6.42 Å². The molecule has 12 N–H and O–H groups in total. The van der Waals surface area contributed by atoms with Crippen molar-refractivity contribution in [2.45, 2.75) is 324 Å². The van der Waals surface area contributed by atoms with Crippen molar-refractivity contribution in [1.82, 2.24) is 5.32 Å². The second-order valence-corrected chi connectivity index (χ2v) is 23.2. The van der Waals surface area contributed by atoms with Crippen molar-refractivity contribution in [3.63, 3.8) is 0 Å². The maximum atomic E-state index is 13.4. The molecule has 0 aromatic carbocycles. The van der Waals surface area contributed by atoms with Gasteiger partial charge in [-0.25, -0.2) is 0 Å². The van der Waals surface area contributed by atoms with Gasteiger partial charge in [-0.15, -0.1) is 0 Å². The molecule has 17 unspecified atom stereocenters. The predicted octanol–water partition coefficient (Wildman–Crippen LogP) is 7.04. The number of rotatable bonds is 48. The number of carbonyl (C=O) groups is 1. The molecule has 19 nitrogen and oxygen atoms in total. The standard InChI is InChI=1S/C64H115NO18/c1-3-5-7-9-11-13-15-17-19-20-21-22-23-24-25-26-28-30-32-34-36-38-40-42-52(70)65-47(48(69)41-39-37-35-33-31-29-27-18-16-14-12-10-8-6-4-2)46-78-62-58(76)55(73)60(50(44-67)80-62)83-64-59(77)56(74)61(51(45-68)81-64)82-63-57(75)54(72)53(71)49(43-66)79-63/h15,17,20-21,23-24,39,41,47-51,53-64,66-69,71-77H,3-14,16,18-19,22,25-38,40,42-46H2,1-2H3,(H,65,70)/b17-15-,21-20-,24-23-,41-39+. The molecule has 0 aliphatic carbocycles. The van der Waals surface area contributed by atoms with Gasteiger partial charge >= 0.3 is 0 Å². The number of allylic oxidation sites excluding steroid dienone is 7. The first-order valence-corrected chi connectivity index (χ1v) is 32.4. The van der Waals surface area contributed by atoms with E-state index >= 15 is 0 Å². The predicted molar refractivity (Wildman–Crippen MR) is 319 cm³/mol. The highest BCUT2D eigenvalue weighted by atomic mass is 16.8. The smallest absolute Gasteiger partial charge is 0.220 e. The first-order chi connectivity index (χ1) is 40.3. The van der Waals surface area contributed by atoms with Crippen LogP contribution in [0.4, 0.5) is 0 Å². The SMILES string of the molecule is CCCCCCC/C=C\C/C=C\C/C=C\CCCCCCCCCCC(=O)NC(COC1OC(CO)C(OC2OC(CO)C(OC3OC(CO)C(O)C(O)C3O)C(O)C2O)C(O)C1O)C(O)/C=C/CCCCCCCCCCCCCCC. The second kappa shape index (κ2) is 46.8. The molecule has 3 fully saturated rings. The number of amides is 1. The zero-order chi connectivity index (χ0) is 60.5. The fourth-order valence-electron chi connectivity index (χ4n) is 10.8. The lowest BCUT2D eigenvalue weighted by atomic mass is 9.96. The van der Waals surface area contributed by atoms with Crippen molar-refractivity contribution in [2.75, 3.05) is 26.4 Å². The second-order valence-electron chi connectivity index (χ2n) is 23.2. The largest absolute Gasteiger partial charge is 0.394 e. The number of hydrogen-bond donors (Lipinski definition) is 12. The number of nitrogens with one attached hydrogen (secondary N) is 1. The van der Waals surface area contributed by atoms with Gasteiger partial charge in [0.1, 0.15) is 73.2 Å². The fourth-order valence-corrected chi connectivity index (χ4v) is 10.8. The molecule has 19 heteroatoms. The Hall–Kier alpha value is -2.25. The fraction of sp³-hybridized carbons (Fsp3) is 0.859. The van der Waals surface area contributed by atoms with Gasteiger partial charge in [0.25, 0.3) is 0 Å². The molecule has 0 radical (unpaired) electrons. The van der Waals surface area contributed by atoms with E-state index in [9.17, 15) is 61.0 Å². The number of hydrogen-bond acceptors (Lipinski definition) is 18. The van der Waals surface area contributed by atoms with Gasteiger partial charge in [-0.3, -0.25) is 4.79 Å². The Morgan fingerprint density at radius 2 is 0.795 bits per heavy atom. The van der Waals surface area contributed by atoms with Gasteiger partial charge in [0, 0.05) is 6.42 Å². The maximum absolute atomic E-state index is 13.4. The van der Waals surface area contributed by atoms with E-state index in [1.807, 2.05) is 6.08 Å². The van der Waals surface area contributed by atoms with E-state index in [1.165, 1.54) is 122 Å². The van der Waals surface area contributed by atoms with E-state index < -0.39 is 124 Å². The Bertz CT molecular complexity index is 1700. The van der Waals surface area contributed by atoms with Crippen molar-refractivity contribution in [3.8, 4) is 0 Å². The minimum atomic E-state index is -1.98. The summed E-state index contributed by atoms with van der Waals surface area (Å²) >= 11 is 0. The summed E-state index contributed by atoms with van der Waals surface area (Å²) in [7, 11) is 0. The molecular formula is C64H115NO18. The lowest BCUT2D eigenvalue weighted by molar-refractivity contribution is -0.379. The monoisotopic (exact) mass is 1190 g/mol. The minimum absolute atomic E-state index is 0.234. The summed E-state index contributed by atoms with van der Waals surface area (Å²) in [5, 5.41) is 120. The van der Waals surface area contributed by atoms with Crippen molar-refractivity contribution >= 4 is 5.91 Å². The highest BCUT2D eigenvalue weighted by Gasteiger charge is 2.53. The molecular weight excluding hydrogens is 1070 g/mol. The molecule has 3 heterocycles. The zero-order valence-corrected chi connectivity index (χ0v) is 50.7. The van der Waals surface area contributed by atoms with Gasteiger partial charge in [-0.2, -0.15) is 0 Å². The van der Waals surface area contributed by atoms with Crippen LogP contribution >= 0.6 is 0 Å².